The van der Waals surface area contributed by atoms with E-state index >= 15 is 8.78 Å². The van der Waals surface area contributed by atoms with E-state index in [-0.39, 0.29) is 34.7 Å². The van der Waals surface area contributed by atoms with Crippen molar-refractivity contribution in [3.05, 3.63) is 83.1 Å². The molecule has 5 rings (SSSR count). The van der Waals surface area contributed by atoms with Crippen LogP contribution in [0.1, 0.15) is 62.0 Å². The van der Waals surface area contributed by atoms with Gasteiger partial charge in [-0.3, -0.25) is 4.98 Å². The molecule has 1 saturated carbocycles. The number of aliphatic hydroxyl groups excluding tert-OH is 1. The molecule has 1 aliphatic carbocycles. The zero-order valence-corrected chi connectivity index (χ0v) is 21.6. The van der Waals surface area contributed by atoms with E-state index in [1.165, 1.54) is 12.1 Å². The molecule has 0 saturated heterocycles. The molecule has 38 heavy (non-hydrogen) atoms. The Morgan fingerprint density at radius 1 is 1.16 bits per heavy atom. The lowest BCUT2D eigenvalue weighted by molar-refractivity contribution is 0.0519. The number of nitrogens with two attached hydrogens (primary N) is 1. The number of benzene rings is 1. The zero-order valence-electron chi connectivity index (χ0n) is 21.6. The Kier molecular flexibility index (Phi) is 6.72. The fraction of sp³-hybridized carbons (Fsp3) is 0.379. The van der Waals surface area contributed by atoms with E-state index in [1.807, 2.05) is 13.0 Å². The highest BCUT2D eigenvalue weighted by Crippen LogP contribution is 2.37. The van der Waals surface area contributed by atoms with Gasteiger partial charge in [0.1, 0.15) is 17.5 Å². The van der Waals surface area contributed by atoms with E-state index in [0.717, 1.165) is 17.5 Å². The first-order valence-electron chi connectivity index (χ1n) is 12.7. The average molecular weight is 517 g/mol. The number of halogens is 2. The van der Waals surface area contributed by atoms with Crippen LogP contribution in [0.2, 0.25) is 0 Å². The number of nitriles is 1. The molecule has 0 radical (unpaired) electrons. The van der Waals surface area contributed by atoms with Gasteiger partial charge in [-0.25, -0.2) is 18.3 Å². The Bertz CT molecular complexity index is 1510. The maximum absolute atomic E-state index is 15.1. The number of hydrogen-bond acceptors (Lipinski definition) is 6. The molecule has 3 N–H and O–H groups in total. The van der Waals surface area contributed by atoms with Gasteiger partial charge in [0.2, 0.25) is 0 Å². The summed E-state index contributed by atoms with van der Waals surface area (Å²) in [4.78, 5) is 8.86. The summed E-state index contributed by atoms with van der Waals surface area (Å²) in [6.07, 6.45) is 6.60. The van der Waals surface area contributed by atoms with Crippen molar-refractivity contribution in [2.75, 3.05) is 0 Å². The summed E-state index contributed by atoms with van der Waals surface area (Å²) >= 11 is 0. The first-order valence-corrected chi connectivity index (χ1v) is 12.7. The largest absolute Gasteiger partial charge is 0.391 e. The summed E-state index contributed by atoms with van der Waals surface area (Å²) in [6, 6.07) is 9.43. The second kappa shape index (κ2) is 9.86. The molecule has 0 bridgehead atoms. The molecule has 9 heteroatoms. The van der Waals surface area contributed by atoms with Crippen LogP contribution in [0.5, 0.6) is 0 Å². The third kappa shape index (κ3) is 4.66. The van der Waals surface area contributed by atoms with Gasteiger partial charge in [-0.05, 0) is 85.5 Å². The van der Waals surface area contributed by atoms with Gasteiger partial charge in [-0.15, -0.1) is 0 Å². The lowest BCUT2D eigenvalue weighted by atomic mass is 9.74. The minimum Gasteiger partial charge on any atom is -0.391 e. The van der Waals surface area contributed by atoms with E-state index < -0.39 is 23.2 Å². The van der Waals surface area contributed by atoms with Crippen molar-refractivity contribution >= 4 is 5.52 Å². The quantitative estimate of drug-likeness (QED) is 0.399. The normalized spacial score (nSPS) is 21.9. The number of fused-ring (bicyclic) bond motifs is 1. The first-order chi connectivity index (χ1) is 18.1. The van der Waals surface area contributed by atoms with E-state index in [0.29, 0.717) is 24.2 Å². The van der Waals surface area contributed by atoms with Crippen molar-refractivity contribution in [2.45, 2.75) is 63.5 Å². The van der Waals surface area contributed by atoms with Gasteiger partial charge >= 0.3 is 0 Å². The number of aromatic nitrogens is 4. The van der Waals surface area contributed by atoms with E-state index in [4.69, 9.17) is 5.73 Å². The van der Waals surface area contributed by atoms with E-state index in [2.05, 4.69) is 21.1 Å². The highest BCUT2D eigenvalue weighted by molar-refractivity contribution is 5.63. The molecule has 0 aliphatic heterocycles. The Morgan fingerprint density at radius 2 is 1.89 bits per heavy atom. The van der Waals surface area contributed by atoms with Gasteiger partial charge in [0.15, 0.2) is 0 Å². The van der Waals surface area contributed by atoms with Crippen LogP contribution >= 0.6 is 0 Å². The lowest BCUT2D eigenvalue weighted by Crippen LogP contribution is -2.44. The minimum atomic E-state index is -1.03. The number of rotatable bonds is 5. The maximum Gasteiger partial charge on any atom is 0.135 e. The summed E-state index contributed by atoms with van der Waals surface area (Å²) in [5.74, 6) is -0.702. The molecule has 0 spiro atoms. The van der Waals surface area contributed by atoms with Crippen molar-refractivity contribution in [3.63, 3.8) is 0 Å². The first kappa shape index (κ1) is 25.9. The smallest absolute Gasteiger partial charge is 0.135 e. The molecule has 196 valence electrons. The molecule has 0 unspecified atom stereocenters. The standard InChI is InChI=1S/C29H30F2N6O/c1-16-8-17(9-24(33)28(16)38)21-6-7-34-13-18(21)10-26-35-14-20-4-5-25(36-37(20)26)27-22(30)11-19(12-23(27)31)29(2,3)15-32/h4-7,11-14,16-17,24,28,38H,8-10,33H2,1-3H3/t16-,17+,24+,28+/m0/s1. The van der Waals surface area contributed by atoms with Gasteiger partial charge in [0.05, 0.1) is 40.6 Å². The van der Waals surface area contributed by atoms with Gasteiger partial charge in [0, 0.05) is 24.9 Å². The lowest BCUT2D eigenvalue weighted by Gasteiger charge is -2.36. The fourth-order valence-electron chi connectivity index (χ4n) is 5.41. The van der Waals surface area contributed by atoms with Crippen LogP contribution < -0.4 is 5.73 Å². The second-order valence-corrected chi connectivity index (χ2v) is 10.8. The number of pyridine rings is 1. The maximum atomic E-state index is 15.1. The molecule has 3 aromatic heterocycles. The second-order valence-electron chi connectivity index (χ2n) is 10.8. The summed E-state index contributed by atoms with van der Waals surface area (Å²) in [5.41, 5.74) is 8.08. The molecule has 1 aromatic carbocycles. The van der Waals surface area contributed by atoms with Crippen LogP contribution in [0.25, 0.3) is 16.8 Å². The SMILES string of the molecule is C[C@H]1C[C@@H](c2ccncc2Cc2ncc3ccc(-c4c(F)cc(C(C)(C)C#N)cc4F)nn23)C[C@@H](N)[C@@H]1O. The van der Waals surface area contributed by atoms with Crippen LogP contribution in [0, 0.1) is 28.9 Å². The molecular formula is C29H30F2N6O. The topological polar surface area (TPSA) is 113 Å². The van der Waals surface area contributed by atoms with Crippen LogP contribution in [-0.2, 0) is 11.8 Å². The van der Waals surface area contributed by atoms with Gasteiger partial charge in [0.25, 0.3) is 0 Å². The van der Waals surface area contributed by atoms with Crippen molar-refractivity contribution in [1.82, 2.24) is 19.6 Å². The van der Waals surface area contributed by atoms with E-state index in [9.17, 15) is 10.4 Å². The fourth-order valence-corrected chi connectivity index (χ4v) is 5.41. The van der Waals surface area contributed by atoms with Crippen LogP contribution in [0.4, 0.5) is 8.78 Å². The third-order valence-corrected chi connectivity index (χ3v) is 7.72. The summed E-state index contributed by atoms with van der Waals surface area (Å²) in [7, 11) is 0. The van der Waals surface area contributed by atoms with Gasteiger partial charge in [-0.2, -0.15) is 10.4 Å². The Hall–Kier alpha value is -3.74. The number of aliphatic hydroxyl groups is 1. The molecule has 1 aliphatic rings. The van der Waals surface area contributed by atoms with Crippen molar-refractivity contribution in [2.24, 2.45) is 11.7 Å². The highest BCUT2D eigenvalue weighted by Gasteiger charge is 2.34. The Labute approximate surface area is 220 Å². The predicted octanol–water partition coefficient (Wildman–Crippen LogP) is 4.66. The number of imidazole rings is 1. The van der Waals surface area contributed by atoms with E-state index in [1.54, 1.807) is 49.1 Å². The molecular weight excluding hydrogens is 486 g/mol. The number of hydrogen-bond donors (Lipinski definition) is 2. The predicted molar refractivity (Wildman–Crippen MR) is 139 cm³/mol. The molecule has 4 atom stereocenters. The zero-order chi connectivity index (χ0) is 27.2. The van der Waals surface area contributed by atoms with Crippen LogP contribution in [0.15, 0.2) is 48.9 Å². The summed E-state index contributed by atoms with van der Waals surface area (Å²) < 4.78 is 31.9. The van der Waals surface area contributed by atoms with Crippen LogP contribution in [-0.4, -0.2) is 36.8 Å². The molecule has 0 amide bonds. The van der Waals surface area contributed by atoms with Gasteiger partial charge < -0.3 is 10.8 Å². The third-order valence-electron chi connectivity index (χ3n) is 7.72. The van der Waals surface area contributed by atoms with Gasteiger partial charge in [-0.1, -0.05) is 6.92 Å². The Balaban J connectivity index is 1.51. The number of nitrogens with zero attached hydrogens (tertiary/aromatic N) is 5. The molecule has 1 fully saturated rings. The van der Waals surface area contributed by atoms with Crippen LogP contribution in [0.3, 0.4) is 0 Å². The van der Waals surface area contributed by atoms with Crippen molar-refractivity contribution in [1.29, 1.82) is 5.26 Å². The molecule has 4 aromatic rings. The summed E-state index contributed by atoms with van der Waals surface area (Å²) in [6.45, 7) is 5.23. The highest BCUT2D eigenvalue weighted by atomic mass is 19.1. The van der Waals surface area contributed by atoms with Crippen molar-refractivity contribution < 1.29 is 13.9 Å². The van der Waals surface area contributed by atoms with Crippen molar-refractivity contribution in [3.8, 4) is 17.3 Å². The average Bonchev–Trinajstić information content (AvgIpc) is 3.29. The summed E-state index contributed by atoms with van der Waals surface area (Å²) in [5, 5.41) is 24.2. The monoisotopic (exact) mass is 516 g/mol. The molecule has 3 heterocycles. The Morgan fingerprint density at radius 3 is 2.58 bits per heavy atom. The minimum absolute atomic E-state index is 0.0798. The molecule has 7 nitrogen and oxygen atoms in total.